The number of halogens is 4. The molecule has 2 heterocycles. The Morgan fingerprint density at radius 1 is 1.18 bits per heavy atom. The average Bonchev–Trinajstić information content (AvgIpc) is 3.14. The molecule has 1 aromatic carbocycles. The Balaban J connectivity index is 2.01. The lowest BCUT2D eigenvalue weighted by molar-refractivity contribution is -0.137. The number of benzene rings is 1. The number of carboxylic acid groups (broad SMARTS) is 1. The van der Waals surface area contributed by atoms with Crippen LogP contribution in [0.2, 0.25) is 0 Å². The van der Waals surface area contributed by atoms with Crippen molar-refractivity contribution in [2.75, 3.05) is 0 Å². The van der Waals surface area contributed by atoms with Gasteiger partial charge in [-0.1, -0.05) is 0 Å². The van der Waals surface area contributed by atoms with Gasteiger partial charge >= 0.3 is 12.1 Å². The number of rotatable bonds is 5. The molecule has 6 nitrogen and oxygen atoms in total. The zero-order valence-electron chi connectivity index (χ0n) is 14.1. The molecule has 1 N–H and O–H groups in total. The molecule has 0 aliphatic rings. The van der Waals surface area contributed by atoms with Crippen molar-refractivity contribution >= 4 is 17.7 Å². The van der Waals surface area contributed by atoms with Crippen LogP contribution in [0, 0.1) is 0 Å². The van der Waals surface area contributed by atoms with Crippen LogP contribution in [0.15, 0.2) is 49.1 Å². The molecule has 0 amide bonds. The van der Waals surface area contributed by atoms with E-state index in [-0.39, 0.29) is 22.5 Å². The second-order valence-electron chi connectivity index (χ2n) is 5.68. The highest BCUT2D eigenvalue weighted by molar-refractivity contribution is 6.19. The van der Waals surface area contributed by atoms with Gasteiger partial charge in [0, 0.05) is 24.2 Å². The van der Waals surface area contributed by atoms with Gasteiger partial charge in [-0.05, 0) is 41.5 Å². The van der Waals surface area contributed by atoms with E-state index in [0.717, 1.165) is 23.3 Å². The van der Waals surface area contributed by atoms with Crippen LogP contribution in [0.4, 0.5) is 17.6 Å². The standard InChI is InChI=1S/C18H12F4N4O2/c19-8-11-5-13(7-14(6-11)18(20,21)22)16-24-10-26(25-16)9-15(17(27)28)12-1-3-23-4-2-12/h1-7,9-10H,8H2,(H,27,28)/b15-9+. The van der Waals surface area contributed by atoms with Crippen LogP contribution in [0.1, 0.15) is 16.7 Å². The number of pyridine rings is 1. The third kappa shape index (κ3) is 4.22. The van der Waals surface area contributed by atoms with E-state index in [1.54, 1.807) is 0 Å². The Kier molecular flexibility index (Phi) is 5.21. The molecule has 3 aromatic rings. The molecule has 0 bridgehead atoms. The van der Waals surface area contributed by atoms with Gasteiger partial charge in [0.05, 0.1) is 11.1 Å². The summed E-state index contributed by atoms with van der Waals surface area (Å²) in [5.74, 6) is -1.33. The van der Waals surface area contributed by atoms with Gasteiger partial charge in [-0.2, -0.15) is 13.2 Å². The van der Waals surface area contributed by atoms with Crippen molar-refractivity contribution in [2.24, 2.45) is 0 Å². The summed E-state index contributed by atoms with van der Waals surface area (Å²) in [6.45, 7) is -1.08. The molecule has 0 aliphatic carbocycles. The predicted octanol–water partition coefficient (Wildman–Crippen LogP) is 3.91. The molecule has 0 saturated heterocycles. The van der Waals surface area contributed by atoms with Crippen LogP contribution >= 0.6 is 0 Å². The normalized spacial score (nSPS) is 12.2. The van der Waals surface area contributed by atoms with Crippen LogP contribution in [0.25, 0.3) is 23.2 Å². The van der Waals surface area contributed by atoms with Gasteiger partial charge in [0.15, 0.2) is 5.82 Å². The Morgan fingerprint density at radius 3 is 2.50 bits per heavy atom. The maximum absolute atomic E-state index is 13.0. The van der Waals surface area contributed by atoms with E-state index >= 15 is 0 Å². The lowest BCUT2D eigenvalue weighted by Gasteiger charge is -2.09. The summed E-state index contributed by atoms with van der Waals surface area (Å²) >= 11 is 0. The first kappa shape index (κ1) is 19.2. The molecule has 2 aromatic heterocycles. The van der Waals surface area contributed by atoms with Crippen molar-refractivity contribution in [1.82, 2.24) is 19.7 Å². The lowest BCUT2D eigenvalue weighted by atomic mass is 10.1. The third-order valence-corrected chi connectivity index (χ3v) is 3.72. The molecule has 0 aliphatic heterocycles. The topological polar surface area (TPSA) is 80.9 Å². The van der Waals surface area contributed by atoms with Crippen molar-refractivity contribution in [3.8, 4) is 11.4 Å². The maximum atomic E-state index is 13.0. The smallest absolute Gasteiger partial charge is 0.416 e. The summed E-state index contributed by atoms with van der Waals surface area (Å²) in [4.78, 5) is 19.2. The van der Waals surface area contributed by atoms with Gasteiger partial charge in [0.25, 0.3) is 0 Å². The van der Waals surface area contributed by atoms with Crippen molar-refractivity contribution in [3.05, 3.63) is 65.7 Å². The van der Waals surface area contributed by atoms with Crippen molar-refractivity contribution < 1.29 is 27.5 Å². The fourth-order valence-corrected chi connectivity index (χ4v) is 2.45. The summed E-state index contributed by atoms with van der Waals surface area (Å²) in [5, 5.41) is 13.4. The molecule has 0 unspecified atom stereocenters. The Hall–Kier alpha value is -3.56. The second-order valence-corrected chi connectivity index (χ2v) is 5.68. The number of alkyl halides is 4. The monoisotopic (exact) mass is 392 g/mol. The minimum absolute atomic E-state index is 0.0320. The lowest BCUT2D eigenvalue weighted by Crippen LogP contribution is -2.06. The molecule has 0 radical (unpaired) electrons. The Labute approximate surface area is 155 Å². The summed E-state index contributed by atoms with van der Waals surface area (Å²) < 4.78 is 53.0. The first-order chi connectivity index (χ1) is 13.3. The first-order valence-corrected chi connectivity index (χ1v) is 7.82. The number of aromatic nitrogens is 4. The summed E-state index contributed by atoms with van der Waals surface area (Å²) in [5.41, 5.74) is -0.978. The van der Waals surface area contributed by atoms with Crippen molar-refractivity contribution in [2.45, 2.75) is 12.9 Å². The number of hydrogen-bond donors (Lipinski definition) is 1. The molecule has 10 heteroatoms. The van der Waals surface area contributed by atoms with Gasteiger partial charge in [0.1, 0.15) is 13.0 Å². The predicted molar refractivity (Wildman–Crippen MR) is 91.3 cm³/mol. The van der Waals surface area contributed by atoms with E-state index in [2.05, 4.69) is 15.1 Å². The van der Waals surface area contributed by atoms with Gasteiger partial charge in [-0.15, -0.1) is 5.10 Å². The number of nitrogens with zero attached hydrogens (tertiary/aromatic N) is 4. The molecule has 144 valence electrons. The van der Waals surface area contributed by atoms with E-state index in [1.165, 1.54) is 30.6 Å². The second kappa shape index (κ2) is 7.59. The van der Waals surface area contributed by atoms with E-state index in [1.807, 2.05) is 0 Å². The van der Waals surface area contributed by atoms with E-state index < -0.39 is 24.4 Å². The molecule has 28 heavy (non-hydrogen) atoms. The number of aliphatic carboxylic acids is 1. The van der Waals surface area contributed by atoms with Gasteiger partial charge < -0.3 is 5.11 Å². The zero-order chi connectivity index (χ0) is 20.3. The maximum Gasteiger partial charge on any atom is 0.416 e. The molecule has 0 atom stereocenters. The molecular formula is C18H12F4N4O2. The number of hydrogen-bond acceptors (Lipinski definition) is 4. The highest BCUT2D eigenvalue weighted by atomic mass is 19.4. The summed E-state index contributed by atoms with van der Waals surface area (Å²) in [6, 6.07) is 5.70. The van der Waals surface area contributed by atoms with Crippen molar-refractivity contribution in [3.63, 3.8) is 0 Å². The molecule has 0 saturated carbocycles. The quantitative estimate of drug-likeness (QED) is 0.526. The highest BCUT2D eigenvalue weighted by Crippen LogP contribution is 2.33. The largest absolute Gasteiger partial charge is 0.478 e. The van der Waals surface area contributed by atoms with Crippen LogP contribution < -0.4 is 0 Å². The number of carboxylic acids is 1. The SMILES string of the molecule is O=C(O)/C(=C/n1cnc(-c2cc(CF)cc(C(F)(F)F)c2)n1)c1ccncc1. The average molecular weight is 392 g/mol. The van der Waals surface area contributed by atoms with Crippen LogP contribution in [0.3, 0.4) is 0 Å². The van der Waals surface area contributed by atoms with Crippen LogP contribution in [-0.4, -0.2) is 30.8 Å². The molecular weight excluding hydrogens is 380 g/mol. The fourth-order valence-electron chi connectivity index (χ4n) is 2.45. The first-order valence-electron chi connectivity index (χ1n) is 7.82. The molecule has 3 rings (SSSR count). The molecule has 0 spiro atoms. The zero-order valence-corrected chi connectivity index (χ0v) is 14.1. The van der Waals surface area contributed by atoms with Crippen molar-refractivity contribution in [1.29, 1.82) is 0 Å². The summed E-state index contributed by atoms with van der Waals surface area (Å²) in [6.07, 6.45) is 0.493. The van der Waals surface area contributed by atoms with Crippen LogP contribution in [-0.2, 0) is 17.6 Å². The Morgan fingerprint density at radius 2 is 1.89 bits per heavy atom. The summed E-state index contributed by atoms with van der Waals surface area (Å²) in [7, 11) is 0. The highest BCUT2D eigenvalue weighted by Gasteiger charge is 2.31. The minimum atomic E-state index is -4.65. The van der Waals surface area contributed by atoms with Gasteiger partial charge in [-0.25, -0.2) is 18.9 Å². The van der Waals surface area contributed by atoms with E-state index in [0.29, 0.717) is 11.6 Å². The number of carbonyl (C=O) groups is 1. The van der Waals surface area contributed by atoms with Gasteiger partial charge in [0.2, 0.25) is 0 Å². The molecule has 0 fully saturated rings. The fraction of sp³-hybridized carbons (Fsp3) is 0.111. The van der Waals surface area contributed by atoms with Crippen LogP contribution in [0.5, 0.6) is 0 Å². The van der Waals surface area contributed by atoms with Gasteiger partial charge in [-0.3, -0.25) is 4.98 Å². The Bertz CT molecular complexity index is 1030. The van der Waals surface area contributed by atoms with E-state index in [4.69, 9.17) is 0 Å². The van der Waals surface area contributed by atoms with E-state index in [9.17, 15) is 27.5 Å². The minimum Gasteiger partial charge on any atom is -0.478 e. The third-order valence-electron chi connectivity index (χ3n) is 3.72.